The predicted octanol–water partition coefficient (Wildman–Crippen LogP) is 4.30. The second-order valence-electron chi connectivity index (χ2n) is 8.73. The molecule has 2 saturated heterocycles. The van der Waals surface area contributed by atoms with E-state index < -0.39 is 18.3 Å². The predicted molar refractivity (Wildman–Crippen MR) is 109 cm³/mol. The second kappa shape index (κ2) is 6.48. The molecule has 2 aromatic rings. The highest BCUT2D eigenvalue weighted by Crippen LogP contribution is 2.38. The molecule has 146 valence electrons. The average molecular weight is 391 g/mol. The van der Waals surface area contributed by atoms with Crippen LogP contribution < -0.4 is 5.46 Å². The number of aryl methyl sites for hydroxylation is 1. The van der Waals surface area contributed by atoms with Gasteiger partial charge in [-0.15, -0.1) is 0 Å². The molecule has 0 N–H and O–H groups in total. The summed E-state index contributed by atoms with van der Waals surface area (Å²) < 4.78 is 20.7. The molecule has 1 unspecified atom stereocenters. The van der Waals surface area contributed by atoms with Crippen LogP contribution in [0.4, 0.5) is 0 Å². The monoisotopic (exact) mass is 390 g/mol. The van der Waals surface area contributed by atoms with Crippen LogP contribution in [-0.4, -0.2) is 34.7 Å². The average Bonchev–Trinajstić information content (AvgIpc) is 3.02. The van der Waals surface area contributed by atoms with Crippen molar-refractivity contribution in [2.24, 2.45) is 0 Å². The van der Waals surface area contributed by atoms with Gasteiger partial charge in [0.1, 0.15) is 0 Å². The summed E-state index contributed by atoms with van der Waals surface area (Å²) in [7, 11) is -0.472. The van der Waals surface area contributed by atoms with Crippen LogP contribution in [0.1, 0.15) is 64.4 Å². The zero-order valence-electron chi connectivity index (χ0n) is 17.1. The van der Waals surface area contributed by atoms with E-state index in [1.807, 2.05) is 24.6 Å². The van der Waals surface area contributed by atoms with Gasteiger partial charge in [0, 0.05) is 17.0 Å². The van der Waals surface area contributed by atoms with Gasteiger partial charge in [0.25, 0.3) is 0 Å². The van der Waals surface area contributed by atoms with Crippen LogP contribution in [0.5, 0.6) is 0 Å². The van der Waals surface area contributed by atoms with E-state index in [1.54, 1.807) is 0 Å². The summed E-state index contributed by atoms with van der Waals surface area (Å²) in [6, 6.07) is 2.00. The molecule has 1 atom stereocenters. The number of halogens is 1. The fraction of sp³-hybridized carbons (Fsp3) is 0.650. The van der Waals surface area contributed by atoms with Gasteiger partial charge in [-0.2, -0.15) is 5.10 Å². The first-order chi connectivity index (χ1) is 12.6. The number of rotatable bonds is 2. The largest absolute Gasteiger partial charge is 0.495 e. The number of nitrogens with zero attached hydrogens (tertiary/aromatic N) is 2. The maximum absolute atomic E-state index is 6.64. The lowest BCUT2D eigenvalue weighted by Crippen LogP contribution is -2.41. The SMILES string of the molecule is Cc1c(Cl)cc2c(c(C)nn2C2CCCCO2)c1B1OC(C)(C)C(C)(C)O1. The van der Waals surface area contributed by atoms with E-state index in [9.17, 15) is 0 Å². The zero-order chi connectivity index (χ0) is 19.6. The number of aromatic nitrogens is 2. The molecule has 7 heteroatoms. The van der Waals surface area contributed by atoms with Crippen LogP contribution in [0, 0.1) is 13.8 Å². The van der Waals surface area contributed by atoms with E-state index >= 15 is 0 Å². The Morgan fingerprint density at radius 1 is 1.15 bits per heavy atom. The van der Waals surface area contributed by atoms with Crippen molar-refractivity contribution in [3.8, 4) is 0 Å². The standard InChI is InChI=1S/C20H28BClN2O3/c1-12-14(22)11-15-17(13(2)23-24(15)16-9-7-8-10-25-16)18(12)21-26-19(3,4)20(5,6)27-21/h11,16H,7-10H2,1-6H3. The van der Waals surface area contributed by atoms with Crippen LogP contribution in [0.25, 0.3) is 10.9 Å². The lowest BCUT2D eigenvalue weighted by atomic mass is 9.73. The first-order valence-corrected chi connectivity index (χ1v) is 10.2. The minimum Gasteiger partial charge on any atom is -0.399 e. The van der Waals surface area contributed by atoms with Crippen molar-refractivity contribution in [1.29, 1.82) is 0 Å². The lowest BCUT2D eigenvalue weighted by molar-refractivity contribution is -0.0368. The van der Waals surface area contributed by atoms with E-state index in [1.165, 1.54) is 0 Å². The van der Waals surface area contributed by atoms with Gasteiger partial charge in [0.05, 0.1) is 22.4 Å². The second-order valence-corrected chi connectivity index (χ2v) is 9.14. The summed E-state index contributed by atoms with van der Waals surface area (Å²) in [5.74, 6) is 0. The van der Waals surface area contributed by atoms with E-state index in [-0.39, 0.29) is 6.23 Å². The number of hydrogen-bond acceptors (Lipinski definition) is 4. The molecular weight excluding hydrogens is 362 g/mol. The van der Waals surface area contributed by atoms with Crippen LogP contribution in [0.3, 0.4) is 0 Å². The molecule has 1 aromatic carbocycles. The normalized spacial score (nSPS) is 24.7. The molecule has 0 bridgehead atoms. The molecule has 0 aliphatic carbocycles. The molecule has 2 aliphatic heterocycles. The Hall–Kier alpha value is -1.08. The van der Waals surface area contributed by atoms with Gasteiger partial charge < -0.3 is 14.0 Å². The summed E-state index contributed by atoms with van der Waals surface area (Å²) in [5.41, 5.74) is 3.08. The molecule has 0 saturated carbocycles. The Labute approximate surface area is 166 Å². The summed E-state index contributed by atoms with van der Waals surface area (Å²) in [6.07, 6.45) is 3.18. The Morgan fingerprint density at radius 2 is 1.81 bits per heavy atom. The molecule has 1 aromatic heterocycles. The third-order valence-corrected chi connectivity index (χ3v) is 6.73. The summed E-state index contributed by atoms with van der Waals surface area (Å²) in [4.78, 5) is 0. The van der Waals surface area contributed by atoms with Gasteiger partial charge in [-0.05, 0) is 77.9 Å². The molecule has 0 spiro atoms. The van der Waals surface area contributed by atoms with Crippen molar-refractivity contribution in [2.45, 2.75) is 78.2 Å². The number of ether oxygens (including phenoxy) is 1. The Morgan fingerprint density at radius 3 is 2.41 bits per heavy atom. The number of benzene rings is 1. The Balaban J connectivity index is 1.88. The molecule has 27 heavy (non-hydrogen) atoms. The molecule has 3 heterocycles. The summed E-state index contributed by atoms with van der Waals surface area (Å²) in [6.45, 7) is 13.1. The van der Waals surface area contributed by atoms with Crippen molar-refractivity contribution in [3.63, 3.8) is 0 Å². The minimum atomic E-state index is -0.472. The molecule has 5 nitrogen and oxygen atoms in total. The summed E-state index contributed by atoms with van der Waals surface area (Å²) in [5, 5.41) is 6.58. The third kappa shape index (κ3) is 3.01. The molecule has 4 rings (SSSR count). The van der Waals surface area contributed by atoms with Crippen LogP contribution >= 0.6 is 11.6 Å². The van der Waals surface area contributed by atoms with Crippen molar-refractivity contribution in [2.75, 3.05) is 6.61 Å². The fourth-order valence-corrected chi connectivity index (χ4v) is 4.18. The van der Waals surface area contributed by atoms with Crippen molar-refractivity contribution in [1.82, 2.24) is 9.78 Å². The van der Waals surface area contributed by atoms with Gasteiger partial charge in [-0.1, -0.05) is 11.6 Å². The molecule has 0 amide bonds. The van der Waals surface area contributed by atoms with E-state index in [0.29, 0.717) is 5.02 Å². The smallest absolute Gasteiger partial charge is 0.399 e. The molecule has 2 fully saturated rings. The van der Waals surface area contributed by atoms with Crippen LogP contribution in [0.15, 0.2) is 6.07 Å². The van der Waals surface area contributed by atoms with Gasteiger partial charge in [-0.3, -0.25) is 0 Å². The Bertz CT molecular complexity index is 871. The van der Waals surface area contributed by atoms with Crippen molar-refractivity contribution in [3.05, 3.63) is 22.3 Å². The molecular formula is C20H28BClN2O3. The maximum atomic E-state index is 6.64. The molecule has 2 aliphatic rings. The first-order valence-electron chi connectivity index (χ1n) is 9.77. The third-order valence-electron chi connectivity index (χ3n) is 6.33. The minimum absolute atomic E-state index is 0.0418. The van der Waals surface area contributed by atoms with E-state index in [0.717, 1.165) is 53.5 Å². The highest BCUT2D eigenvalue weighted by Gasteiger charge is 2.53. The lowest BCUT2D eigenvalue weighted by Gasteiger charge is -2.32. The van der Waals surface area contributed by atoms with Gasteiger partial charge in [0.2, 0.25) is 0 Å². The highest BCUT2D eigenvalue weighted by molar-refractivity contribution is 6.66. The van der Waals surface area contributed by atoms with Crippen LogP contribution in [0.2, 0.25) is 5.02 Å². The maximum Gasteiger partial charge on any atom is 0.495 e. The van der Waals surface area contributed by atoms with Gasteiger partial charge in [0.15, 0.2) is 6.23 Å². The zero-order valence-corrected chi connectivity index (χ0v) is 17.8. The quantitative estimate of drug-likeness (QED) is 0.717. The highest BCUT2D eigenvalue weighted by atomic mass is 35.5. The van der Waals surface area contributed by atoms with Gasteiger partial charge in [-0.25, -0.2) is 4.68 Å². The molecule has 0 radical (unpaired) electrons. The van der Waals surface area contributed by atoms with Crippen molar-refractivity contribution >= 4 is 35.1 Å². The van der Waals surface area contributed by atoms with E-state index in [2.05, 4.69) is 27.7 Å². The summed E-state index contributed by atoms with van der Waals surface area (Å²) >= 11 is 6.64. The first kappa shape index (κ1) is 19.3. The number of hydrogen-bond donors (Lipinski definition) is 0. The Kier molecular flexibility index (Phi) is 4.62. The van der Waals surface area contributed by atoms with Crippen molar-refractivity contribution < 1.29 is 14.0 Å². The van der Waals surface area contributed by atoms with Gasteiger partial charge >= 0.3 is 7.12 Å². The fourth-order valence-electron chi connectivity index (χ4n) is 3.97. The van der Waals surface area contributed by atoms with E-state index in [4.69, 9.17) is 30.7 Å². The number of fused-ring (bicyclic) bond motifs is 1. The van der Waals surface area contributed by atoms with Crippen LogP contribution in [-0.2, 0) is 14.0 Å². The topological polar surface area (TPSA) is 45.5 Å².